The van der Waals surface area contributed by atoms with Crippen LogP contribution in [0.1, 0.15) is 5.56 Å². The number of anilines is 2. The molecular weight excluding hydrogens is 822 g/mol. The molecule has 9 aromatic rings. The van der Waals surface area contributed by atoms with E-state index in [2.05, 4.69) is 148 Å². The Morgan fingerprint density at radius 3 is 2.12 bits per heavy atom. The Kier molecular flexibility index (Phi) is 7.90. The summed E-state index contributed by atoms with van der Waals surface area (Å²) in [6, 6.07) is 57.0. The predicted octanol–water partition coefficient (Wildman–Crippen LogP) is 10.7. The monoisotopic (exact) mass is 851 g/mol. The van der Waals surface area contributed by atoms with Crippen LogP contribution in [0.15, 0.2) is 158 Å². The van der Waals surface area contributed by atoms with Crippen LogP contribution in [0.5, 0.6) is 11.5 Å². The van der Waals surface area contributed by atoms with E-state index in [0.29, 0.717) is 11.5 Å². The molecular formula is C45H30N5OPt-3. The van der Waals surface area contributed by atoms with Gasteiger partial charge in [-0.2, -0.15) is 12.1 Å². The van der Waals surface area contributed by atoms with E-state index in [1.165, 1.54) is 10.9 Å². The number of para-hydroxylation sites is 3. The number of benzene rings is 6. The van der Waals surface area contributed by atoms with Gasteiger partial charge in [0.2, 0.25) is 0 Å². The second-order valence-electron chi connectivity index (χ2n) is 12.7. The molecule has 254 valence electrons. The van der Waals surface area contributed by atoms with Crippen molar-refractivity contribution in [3.63, 3.8) is 0 Å². The average Bonchev–Trinajstić information content (AvgIpc) is 3.86. The van der Waals surface area contributed by atoms with Gasteiger partial charge in [0.15, 0.2) is 0 Å². The van der Waals surface area contributed by atoms with Crippen molar-refractivity contribution in [2.24, 2.45) is 7.05 Å². The zero-order chi connectivity index (χ0) is 33.9. The van der Waals surface area contributed by atoms with Gasteiger partial charge in [-0.15, -0.1) is 48.1 Å². The van der Waals surface area contributed by atoms with E-state index >= 15 is 0 Å². The number of pyridine rings is 1. The molecule has 0 spiro atoms. The van der Waals surface area contributed by atoms with Crippen molar-refractivity contribution in [2.75, 3.05) is 9.80 Å². The number of hydrogen-bond donors (Lipinski definition) is 0. The van der Waals surface area contributed by atoms with E-state index in [-0.39, 0.29) is 21.1 Å². The fraction of sp³-hybridized carbons (Fsp3) is 0.0222. The minimum absolute atomic E-state index is 0. The molecule has 0 aliphatic carbocycles. The minimum atomic E-state index is 0. The SMILES string of the molecule is Cn1c2ccccc2c2cnc(-n3c4[c-]c(Oc5[c-]c(N6[CH-]N(c7ccccc7)C=C6c6ccccc6)ccc5)ccc4c4ccccc43)cc21.[Pt]. The zero-order valence-corrected chi connectivity index (χ0v) is 30.3. The first-order valence-electron chi connectivity index (χ1n) is 16.9. The number of ether oxygens (including phenoxy) is 1. The summed E-state index contributed by atoms with van der Waals surface area (Å²) in [7, 11) is 2.11. The summed E-state index contributed by atoms with van der Waals surface area (Å²) in [6.07, 6.45) is 4.14. The molecule has 0 saturated carbocycles. The van der Waals surface area contributed by atoms with Gasteiger partial charge in [0.05, 0.1) is 5.52 Å². The third kappa shape index (κ3) is 5.26. The molecule has 52 heavy (non-hydrogen) atoms. The van der Waals surface area contributed by atoms with Crippen molar-refractivity contribution in [3.8, 4) is 17.3 Å². The van der Waals surface area contributed by atoms with Crippen LogP contribution in [0.25, 0.3) is 55.1 Å². The van der Waals surface area contributed by atoms with Crippen LogP contribution in [0, 0.1) is 18.8 Å². The summed E-state index contributed by atoms with van der Waals surface area (Å²) in [5.74, 6) is 2.02. The number of rotatable bonds is 6. The van der Waals surface area contributed by atoms with Crippen LogP contribution in [-0.2, 0) is 28.1 Å². The van der Waals surface area contributed by atoms with Gasteiger partial charge >= 0.3 is 0 Å². The maximum absolute atomic E-state index is 6.53. The van der Waals surface area contributed by atoms with E-state index in [1.54, 1.807) is 0 Å². The molecule has 0 bridgehead atoms. The molecule has 10 rings (SSSR count). The van der Waals surface area contributed by atoms with Crippen molar-refractivity contribution in [1.82, 2.24) is 14.1 Å². The second kappa shape index (κ2) is 12.9. The number of aromatic nitrogens is 3. The van der Waals surface area contributed by atoms with E-state index < -0.39 is 0 Å². The number of hydrogen-bond acceptors (Lipinski definition) is 4. The topological polar surface area (TPSA) is 38.5 Å². The quantitative estimate of drug-likeness (QED) is 0.156. The van der Waals surface area contributed by atoms with Crippen LogP contribution < -0.4 is 14.5 Å². The van der Waals surface area contributed by atoms with Gasteiger partial charge < -0.3 is 23.7 Å². The summed E-state index contributed by atoms with van der Waals surface area (Å²) in [5, 5.41) is 4.55. The molecule has 1 aliphatic rings. The summed E-state index contributed by atoms with van der Waals surface area (Å²) in [5.41, 5.74) is 8.36. The van der Waals surface area contributed by atoms with Crippen molar-refractivity contribution in [3.05, 3.63) is 182 Å². The fourth-order valence-corrected chi connectivity index (χ4v) is 7.26. The third-order valence-corrected chi connectivity index (χ3v) is 9.69. The van der Waals surface area contributed by atoms with E-state index in [9.17, 15) is 0 Å². The molecule has 0 unspecified atom stereocenters. The number of fused-ring (bicyclic) bond motifs is 6. The Hall–Kier alpha value is -6.10. The Morgan fingerprint density at radius 2 is 1.31 bits per heavy atom. The van der Waals surface area contributed by atoms with Crippen LogP contribution in [-0.4, -0.2) is 14.1 Å². The Balaban J connectivity index is 0.00000360. The van der Waals surface area contributed by atoms with Crippen LogP contribution >= 0.6 is 0 Å². The Bertz CT molecular complexity index is 2790. The first-order valence-corrected chi connectivity index (χ1v) is 16.9. The molecule has 6 nitrogen and oxygen atoms in total. The molecule has 0 saturated heterocycles. The maximum Gasteiger partial charge on any atom is 0.137 e. The molecule has 0 atom stereocenters. The largest absolute Gasteiger partial charge is 0.509 e. The van der Waals surface area contributed by atoms with E-state index in [1.807, 2.05) is 54.7 Å². The summed E-state index contributed by atoms with van der Waals surface area (Å²) in [6.45, 7) is 2.09. The average molecular weight is 852 g/mol. The molecule has 4 heterocycles. The van der Waals surface area contributed by atoms with Gasteiger partial charge in [0.25, 0.3) is 0 Å². The van der Waals surface area contributed by atoms with Crippen LogP contribution in [0.4, 0.5) is 11.4 Å². The van der Waals surface area contributed by atoms with Crippen molar-refractivity contribution < 1.29 is 25.8 Å². The van der Waals surface area contributed by atoms with Crippen molar-refractivity contribution >= 4 is 60.7 Å². The van der Waals surface area contributed by atoms with E-state index in [4.69, 9.17) is 9.72 Å². The fourth-order valence-electron chi connectivity index (χ4n) is 7.26. The van der Waals surface area contributed by atoms with Crippen LogP contribution in [0.3, 0.4) is 0 Å². The normalized spacial score (nSPS) is 12.9. The molecule has 6 aromatic carbocycles. The van der Waals surface area contributed by atoms with Crippen molar-refractivity contribution in [2.45, 2.75) is 0 Å². The van der Waals surface area contributed by atoms with Gasteiger partial charge in [0, 0.05) is 85.1 Å². The molecule has 0 radical (unpaired) electrons. The van der Waals surface area contributed by atoms with Gasteiger partial charge in [-0.25, -0.2) is 4.98 Å². The third-order valence-electron chi connectivity index (χ3n) is 9.69. The van der Waals surface area contributed by atoms with Crippen LogP contribution in [0.2, 0.25) is 0 Å². The first kappa shape index (κ1) is 31.8. The van der Waals surface area contributed by atoms with Crippen molar-refractivity contribution in [1.29, 1.82) is 0 Å². The van der Waals surface area contributed by atoms with Gasteiger partial charge in [-0.05, 0) is 41.4 Å². The van der Waals surface area contributed by atoms with Gasteiger partial charge in [-0.3, -0.25) is 0 Å². The molecule has 0 amide bonds. The predicted molar refractivity (Wildman–Crippen MR) is 207 cm³/mol. The first-order chi connectivity index (χ1) is 25.2. The minimum Gasteiger partial charge on any atom is -0.509 e. The van der Waals surface area contributed by atoms with Gasteiger partial charge in [0.1, 0.15) is 5.82 Å². The Labute approximate surface area is 315 Å². The maximum atomic E-state index is 6.53. The standard InChI is InChI=1S/C45H30N5O.Pt/c1-47-40-21-10-8-20-37(40)39-28-46-45(27-42(39)47)50-41-22-11-9-19-36(41)38-24-23-35(26-43(38)50)51-34-18-12-17-33(25-34)49-30-48(32-15-6-3-7-16-32)29-44(49)31-13-4-2-5-14-31;/h2-24,27-30H,1H3;/q-3;. The van der Waals surface area contributed by atoms with Gasteiger partial charge in [-0.1, -0.05) is 90.4 Å². The number of aryl methyl sites for hydroxylation is 1. The molecule has 3 aromatic heterocycles. The summed E-state index contributed by atoms with van der Waals surface area (Å²) < 4.78 is 11.0. The zero-order valence-electron chi connectivity index (χ0n) is 28.0. The molecule has 1 aliphatic heterocycles. The second-order valence-corrected chi connectivity index (χ2v) is 12.7. The Morgan fingerprint density at radius 1 is 0.615 bits per heavy atom. The molecule has 0 N–H and O–H groups in total. The molecule has 0 fully saturated rings. The number of nitrogens with zero attached hydrogens (tertiary/aromatic N) is 5. The van der Waals surface area contributed by atoms with E-state index in [0.717, 1.165) is 61.2 Å². The summed E-state index contributed by atoms with van der Waals surface area (Å²) >= 11 is 0. The molecule has 7 heteroatoms. The summed E-state index contributed by atoms with van der Waals surface area (Å²) in [4.78, 5) is 9.29. The smallest absolute Gasteiger partial charge is 0.137 e.